The van der Waals surface area contributed by atoms with E-state index in [1.54, 1.807) is 49.7 Å². The quantitative estimate of drug-likeness (QED) is 0.884. The van der Waals surface area contributed by atoms with Crippen molar-refractivity contribution in [2.24, 2.45) is 5.73 Å². The number of anilines is 1. The Bertz CT molecular complexity index is 664. The van der Waals surface area contributed by atoms with Crippen molar-refractivity contribution in [3.8, 4) is 17.4 Å². The van der Waals surface area contributed by atoms with Gasteiger partial charge in [-0.2, -0.15) is 0 Å². The lowest BCUT2D eigenvalue weighted by Crippen LogP contribution is -2.37. The molecular formula is C16H17N3O3. The Labute approximate surface area is 128 Å². The smallest absolute Gasteiger partial charge is 0.244 e. The van der Waals surface area contributed by atoms with Gasteiger partial charge < -0.3 is 20.5 Å². The number of hydrogen-bond donors (Lipinski definition) is 2. The predicted octanol–water partition coefficient (Wildman–Crippen LogP) is 2.31. The zero-order valence-corrected chi connectivity index (χ0v) is 12.2. The maximum absolute atomic E-state index is 11.8. The van der Waals surface area contributed by atoms with E-state index in [4.69, 9.17) is 15.2 Å². The average Bonchev–Trinajstić information content (AvgIpc) is 3.29. The van der Waals surface area contributed by atoms with E-state index in [-0.39, 0.29) is 5.91 Å². The van der Waals surface area contributed by atoms with Crippen LogP contribution in [-0.2, 0) is 4.79 Å². The first-order valence-corrected chi connectivity index (χ1v) is 6.97. The molecule has 6 heteroatoms. The standard InChI is InChI=1S/C16H17N3O3/c1-21-12-3-5-13(6-4-12)22-14-7-2-11(10-18-14)19-15(20)16(17)8-9-16/h2-7,10H,8-9,17H2,1H3,(H,19,20). The number of carbonyl (C=O) groups excluding carboxylic acids is 1. The summed E-state index contributed by atoms with van der Waals surface area (Å²) < 4.78 is 10.7. The molecular weight excluding hydrogens is 282 g/mol. The first kappa shape index (κ1) is 14.3. The number of rotatable bonds is 5. The number of amides is 1. The highest BCUT2D eigenvalue weighted by molar-refractivity contribution is 5.99. The highest BCUT2D eigenvalue weighted by atomic mass is 16.5. The zero-order chi connectivity index (χ0) is 15.6. The number of nitrogens with two attached hydrogens (primary N) is 1. The summed E-state index contributed by atoms with van der Waals surface area (Å²) in [6.45, 7) is 0. The van der Waals surface area contributed by atoms with Gasteiger partial charge in [0.15, 0.2) is 0 Å². The molecule has 3 N–H and O–H groups in total. The van der Waals surface area contributed by atoms with Gasteiger partial charge in [0.05, 0.1) is 24.5 Å². The van der Waals surface area contributed by atoms with E-state index in [1.165, 1.54) is 0 Å². The topological polar surface area (TPSA) is 86.5 Å². The Morgan fingerprint density at radius 1 is 1.18 bits per heavy atom. The third-order valence-electron chi connectivity index (χ3n) is 3.52. The number of carbonyl (C=O) groups is 1. The van der Waals surface area contributed by atoms with Crippen LogP contribution in [0.1, 0.15) is 12.8 Å². The van der Waals surface area contributed by atoms with Gasteiger partial charge in [0.2, 0.25) is 11.8 Å². The van der Waals surface area contributed by atoms with Crippen molar-refractivity contribution in [2.75, 3.05) is 12.4 Å². The van der Waals surface area contributed by atoms with Crippen LogP contribution in [0.15, 0.2) is 42.6 Å². The SMILES string of the molecule is COc1ccc(Oc2ccc(NC(=O)C3(N)CC3)cn2)cc1. The molecule has 1 aromatic heterocycles. The molecule has 2 aromatic rings. The number of hydrogen-bond acceptors (Lipinski definition) is 5. The van der Waals surface area contributed by atoms with Gasteiger partial charge in [-0.05, 0) is 43.2 Å². The van der Waals surface area contributed by atoms with Gasteiger partial charge in [0.1, 0.15) is 11.5 Å². The van der Waals surface area contributed by atoms with Crippen LogP contribution in [0.25, 0.3) is 0 Å². The van der Waals surface area contributed by atoms with Crippen LogP contribution >= 0.6 is 0 Å². The maximum Gasteiger partial charge on any atom is 0.244 e. The van der Waals surface area contributed by atoms with Crippen LogP contribution in [-0.4, -0.2) is 23.5 Å². The van der Waals surface area contributed by atoms with Crippen LogP contribution < -0.4 is 20.5 Å². The van der Waals surface area contributed by atoms with Crippen molar-refractivity contribution >= 4 is 11.6 Å². The third kappa shape index (κ3) is 3.17. The number of pyridine rings is 1. The third-order valence-corrected chi connectivity index (χ3v) is 3.52. The fourth-order valence-corrected chi connectivity index (χ4v) is 1.90. The summed E-state index contributed by atoms with van der Waals surface area (Å²) in [7, 11) is 1.61. The Kier molecular flexibility index (Phi) is 3.68. The molecule has 6 nitrogen and oxygen atoms in total. The maximum atomic E-state index is 11.8. The lowest BCUT2D eigenvalue weighted by molar-refractivity contribution is -0.118. The minimum Gasteiger partial charge on any atom is -0.497 e. The minimum absolute atomic E-state index is 0.168. The molecule has 0 saturated heterocycles. The molecule has 0 unspecified atom stereocenters. The summed E-state index contributed by atoms with van der Waals surface area (Å²) in [6, 6.07) is 10.6. The lowest BCUT2D eigenvalue weighted by Gasteiger charge is -2.10. The fourth-order valence-electron chi connectivity index (χ4n) is 1.90. The van der Waals surface area contributed by atoms with Crippen molar-refractivity contribution < 1.29 is 14.3 Å². The molecule has 22 heavy (non-hydrogen) atoms. The zero-order valence-electron chi connectivity index (χ0n) is 12.2. The highest BCUT2D eigenvalue weighted by Crippen LogP contribution is 2.33. The van der Waals surface area contributed by atoms with E-state index in [0.717, 1.165) is 18.6 Å². The number of nitrogens with one attached hydrogen (secondary N) is 1. The second-order valence-corrected chi connectivity index (χ2v) is 5.27. The summed E-state index contributed by atoms with van der Waals surface area (Å²) in [4.78, 5) is 16.0. The molecule has 1 saturated carbocycles. The molecule has 0 atom stereocenters. The molecule has 0 radical (unpaired) electrons. The Balaban J connectivity index is 1.62. The minimum atomic E-state index is -0.696. The van der Waals surface area contributed by atoms with E-state index in [1.807, 2.05) is 0 Å². The van der Waals surface area contributed by atoms with Crippen molar-refractivity contribution in [3.05, 3.63) is 42.6 Å². The second-order valence-electron chi connectivity index (χ2n) is 5.27. The molecule has 1 heterocycles. The van der Waals surface area contributed by atoms with Crippen molar-refractivity contribution in [1.29, 1.82) is 0 Å². The molecule has 114 valence electrons. The summed E-state index contributed by atoms with van der Waals surface area (Å²) in [6.07, 6.45) is 3.00. The number of aromatic nitrogens is 1. The van der Waals surface area contributed by atoms with Crippen LogP contribution in [0.2, 0.25) is 0 Å². The molecule has 1 aliphatic rings. The fraction of sp³-hybridized carbons (Fsp3) is 0.250. The van der Waals surface area contributed by atoms with E-state index < -0.39 is 5.54 Å². The Morgan fingerprint density at radius 3 is 2.41 bits per heavy atom. The normalized spacial score (nSPS) is 15.0. The molecule has 0 bridgehead atoms. The molecule has 0 aliphatic heterocycles. The molecule has 1 aliphatic carbocycles. The van der Waals surface area contributed by atoms with Gasteiger partial charge in [-0.3, -0.25) is 4.79 Å². The number of benzene rings is 1. The van der Waals surface area contributed by atoms with Gasteiger partial charge >= 0.3 is 0 Å². The largest absolute Gasteiger partial charge is 0.497 e. The first-order chi connectivity index (χ1) is 10.6. The molecule has 3 rings (SSSR count). The van der Waals surface area contributed by atoms with Gasteiger partial charge in [0, 0.05) is 6.07 Å². The average molecular weight is 299 g/mol. The summed E-state index contributed by atoms with van der Waals surface area (Å²) in [5.41, 5.74) is 5.73. The number of methoxy groups -OCH3 is 1. The number of ether oxygens (including phenoxy) is 2. The number of nitrogens with zero attached hydrogens (tertiary/aromatic N) is 1. The van der Waals surface area contributed by atoms with E-state index in [2.05, 4.69) is 10.3 Å². The van der Waals surface area contributed by atoms with E-state index in [0.29, 0.717) is 17.3 Å². The van der Waals surface area contributed by atoms with Crippen LogP contribution in [0.3, 0.4) is 0 Å². The van der Waals surface area contributed by atoms with Gasteiger partial charge in [0.25, 0.3) is 0 Å². The van der Waals surface area contributed by atoms with E-state index >= 15 is 0 Å². The summed E-state index contributed by atoms with van der Waals surface area (Å²) >= 11 is 0. The molecule has 0 spiro atoms. The van der Waals surface area contributed by atoms with Gasteiger partial charge in [-0.1, -0.05) is 0 Å². The Morgan fingerprint density at radius 2 is 1.86 bits per heavy atom. The summed E-state index contributed by atoms with van der Waals surface area (Å²) in [5.74, 6) is 1.69. The van der Waals surface area contributed by atoms with Gasteiger partial charge in [-0.25, -0.2) is 4.98 Å². The van der Waals surface area contributed by atoms with Crippen molar-refractivity contribution in [2.45, 2.75) is 18.4 Å². The lowest BCUT2D eigenvalue weighted by atomic mass is 10.2. The molecule has 1 amide bonds. The van der Waals surface area contributed by atoms with E-state index in [9.17, 15) is 4.79 Å². The van der Waals surface area contributed by atoms with Crippen LogP contribution in [0.5, 0.6) is 17.4 Å². The summed E-state index contributed by atoms with van der Waals surface area (Å²) in [5, 5.41) is 2.75. The second kappa shape index (κ2) is 5.65. The predicted molar refractivity (Wildman–Crippen MR) is 82.1 cm³/mol. The van der Waals surface area contributed by atoms with Gasteiger partial charge in [-0.15, -0.1) is 0 Å². The van der Waals surface area contributed by atoms with Crippen molar-refractivity contribution in [1.82, 2.24) is 4.98 Å². The Hall–Kier alpha value is -2.60. The molecule has 1 aromatic carbocycles. The highest BCUT2D eigenvalue weighted by Gasteiger charge is 2.45. The van der Waals surface area contributed by atoms with Crippen LogP contribution in [0, 0.1) is 0 Å². The van der Waals surface area contributed by atoms with Crippen molar-refractivity contribution in [3.63, 3.8) is 0 Å². The monoisotopic (exact) mass is 299 g/mol. The van der Waals surface area contributed by atoms with Crippen LogP contribution in [0.4, 0.5) is 5.69 Å². The first-order valence-electron chi connectivity index (χ1n) is 6.97. The molecule has 1 fully saturated rings.